The van der Waals surface area contributed by atoms with E-state index in [9.17, 15) is 4.79 Å². The molecular weight excluding hydrogens is 364 g/mol. The third kappa shape index (κ3) is 6.40. The molecule has 1 aliphatic rings. The first kappa shape index (κ1) is 22.1. The number of halogens is 1. The van der Waals surface area contributed by atoms with Gasteiger partial charge in [-0.2, -0.15) is 0 Å². The predicted molar refractivity (Wildman–Crippen MR) is 114 cm³/mol. The highest BCUT2D eigenvalue weighted by molar-refractivity contribution is 8.03. The molecule has 0 unspecified atom stereocenters. The number of terminal acetylenes is 1. The fourth-order valence-corrected chi connectivity index (χ4v) is 3.64. The molecule has 0 aromatic heterocycles. The van der Waals surface area contributed by atoms with Gasteiger partial charge in [0.05, 0.1) is 5.70 Å². The zero-order valence-electron chi connectivity index (χ0n) is 15.5. The number of allylic oxidation sites excluding steroid dienone is 2. The lowest BCUT2D eigenvalue weighted by molar-refractivity contribution is -0.129. The first-order chi connectivity index (χ1) is 12.5. The van der Waals surface area contributed by atoms with Crippen LogP contribution in [0.2, 0.25) is 0 Å². The van der Waals surface area contributed by atoms with Crippen LogP contribution < -0.4 is 0 Å². The van der Waals surface area contributed by atoms with Gasteiger partial charge in [-0.1, -0.05) is 61.0 Å². The molecule has 1 aromatic rings. The van der Waals surface area contributed by atoms with Crippen molar-refractivity contribution in [1.29, 1.82) is 0 Å². The van der Waals surface area contributed by atoms with Gasteiger partial charge in [0.25, 0.3) is 0 Å². The van der Waals surface area contributed by atoms with Crippen LogP contribution in [0.1, 0.15) is 38.7 Å². The number of benzene rings is 1. The molecule has 138 valence electrons. The van der Waals surface area contributed by atoms with E-state index in [4.69, 9.17) is 11.6 Å². The molecule has 0 N–H and O–H groups in total. The molecule has 0 saturated heterocycles. The van der Waals surface area contributed by atoms with Crippen molar-refractivity contribution in [2.24, 2.45) is 4.99 Å². The van der Waals surface area contributed by atoms with Gasteiger partial charge >= 0.3 is 0 Å². The lowest BCUT2D eigenvalue weighted by atomic mass is 10.2. The van der Waals surface area contributed by atoms with E-state index in [0.29, 0.717) is 11.6 Å². The Bertz CT molecular complexity index is 735. The second-order valence-corrected chi connectivity index (χ2v) is 7.17. The zero-order chi connectivity index (χ0) is 19.5. The van der Waals surface area contributed by atoms with Crippen molar-refractivity contribution >= 4 is 34.4 Å². The molecule has 0 radical (unpaired) electrons. The lowest BCUT2D eigenvalue weighted by Crippen LogP contribution is -2.26. The summed E-state index contributed by atoms with van der Waals surface area (Å²) in [6.07, 6.45) is 14.4. The summed E-state index contributed by atoms with van der Waals surface area (Å²) in [7, 11) is 1.86. The van der Waals surface area contributed by atoms with E-state index in [-0.39, 0.29) is 5.91 Å². The number of unbranched alkanes of at least 4 members (excludes halogenated alkanes) is 1. The minimum Gasteiger partial charge on any atom is -0.345 e. The Morgan fingerprint density at radius 3 is 2.73 bits per heavy atom. The summed E-state index contributed by atoms with van der Waals surface area (Å²) in [6.45, 7) is 4.88. The summed E-state index contributed by atoms with van der Waals surface area (Å²) in [4.78, 5) is 20.4. The number of amides is 1. The van der Waals surface area contributed by atoms with Gasteiger partial charge < -0.3 is 4.90 Å². The van der Waals surface area contributed by atoms with E-state index in [1.807, 2.05) is 50.4 Å². The number of aliphatic imine (C=N–C) groups is 1. The van der Waals surface area contributed by atoms with Crippen molar-refractivity contribution in [3.05, 3.63) is 52.6 Å². The fraction of sp³-hybridized carbons (Fsp3) is 0.333. The quantitative estimate of drug-likeness (QED) is 0.606. The zero-order valence-corrected chi connectivity index (χ0v) is 17.1. The van der Waals surface area contributed by atoms with Gasteiger partial charge in [0.2, 0.25) is 5.91 Å². The molecule has 1 amide bonds. The molecule has 2 rings (SSSR count). The molecule has 26 heavy (non-hydrogen) atoms. The summed E-state index contributed by atoms with van der Waals surface area (Å²) >= 11 is 7.94. The van der Waals surface area contributed by atoms with Crippen molar-refractivity contribution in [2.45, 2.75) is 38.0 Å². The van der Waals surface area contributed by atoms with Crippen LogP contribution in [0.3, 0.4) is 0 Å². The molecule has 5 heteroatoms. The van der Waals surface area contributed by atoms with Gasteiger partial charge in [-0.3, -0.25) is 4.79 Å². The van der Waals surface area contributed by atoms with E-state index in [1.54, 1.807) is 16.7 Å². The van der Waals surface area contributed by atoms with E-state index in [1.165, 1.54) is 0 Å². The summed E-state index contributed by atoms with van der Waals surface area (Å²) in [5, 5.41) is 0.509. The Balaban J connectivity index is 0.00000163. The second kappa shape index (κ2) is 11.6. The molecule has 1 aromatic carbocycles. The van der Waals surface area contributed by atoms with Gasteiger partial charge in [0, 0.05) is 35.4 Å². The Kier molecular flexibility index (Phi) is 9.87. The van der Waals surface area contributed by atoms with E-state index in [2.05, 4.69) is 24.8 Å². The lowest BCUT2D eigenvalue weighted by Gasteiger charge is -2.15. The Labute approximate surface area is 166 Å². The largest absolute Gasteiger partial charge is 0.345 e. The maximum absolute atomic E-state index is 12.1. The van der Waals surface area contributed by atoms with Crippen molar-refractivity contribution < 1.29 is 4.79 Å². The summed E-state index contributed by atoms with van der Waals surface area (Å²) < 4.78 is 0. The maximum Gasteiger partial charge on any atom is 0.226 e. The van der Waals surface area contributed by atoms with Gasteiger partial charge in [-0.15, -0.1) is 12.8 Å². The van der Waals surface area contributed by atoms with Crippen molar-refractivity contribution in [3.63, 3.8) is 0 Å². The molecule has 0 saturated carbocycles. The molecule has 0 aliphatic carbocycles. The molecular formula is C21H25ClN2OS. The highest BCUT2D eigenvalue weighted by Gasteiger charge is 2.14. The van der Waals surface area contributed by atoms with Gasteiger partial charge in [0.15, 0.2) is 0 Å². The number of thioether (sulfide) groups is 1. The number of fused-ring (bicyclic) bond motifs is 1. The molecule has 0 atom stereocenters. The van der Waals surface area contributed by atoms with E-state index in [0.717, 1.165) is 40.4 Å². The Morgan fingerprint density at radius 1 is 1.35 bits per heavy atom. The highest BCUT2D eigenvalue weighted by atomic mass is 35.5. The van der Waals surface area contributed by atoms with Gasteiger partial charge in [-0.05, 0) is 25.5 Å². The first-order valence-corrected chi connectivity index (χ1v) is 9.68. The molecule has 1 aliphatic heterocycles. The minimum absolute atomic E-state index is 0.138. The monoisotopic (exact) mass is 388 g/mol. The fourth-order valence-electron chi connectivity index (χ4n) is 2.28. The summed E-state index contributed by atoms with van der Waals surface area (Å²) in [5.74, 6) is 0.138. The molecule has 1 heterocycles. The van der Waals surface area contributed by atoms with Crippen LogP contribution in [0.25, 0.3) is 0 Å². The Morgan fingerprint density at radius 2 is 2.04 bits per heavy atom. The van der Waals surface area contributed by atoms with E-state index >= 15 is 0 Å². The van der Waals surface area contributed by atoms with Gasteiger partial charge in [-0.25, -0.2) is 4.99 Å². The molecule has 0 fully saturated rings. The maximum atomic E-state index is 12.1. The van der Waals surface area contributed by atoms with Crippen molar-refractivity contribution in [1.82, 2.24) is 4.90 Å². The number of hydrogen-bond acceptors (Lipinski definition) is 3. The predicted octanol–water partition coefficient (Wildman–Crippen LogP) is 5.46. The summed E-state index contributed by atoms with van der Waals surface area (Å²) in [5.41, 5.74) is 1.81. The average Bonchev–Trinajstić information content (AvgIpc) is 2.78. The number of rotatable bonds is 6. The third-order valence-corrected chi connectivity index (χ3v) is 5.30. The van der Waals surface area contributed by atoms with Crippen molar-refractivity contribution in [3.8, 4) is 12.8 Å². The number of hydrogen-bond donors (Lipinski definition) is 0. The first-order valence-electron chi connectivity index (χ1n) is 8.49. The van der Waals surface area contributed by atoms with Crippen LogP contribution >= 0.6 is 23.4 Å². The standard InChI is InChI=1S/C19H23ClN2OS.C2H2/c1-4-5-13-22(3)18(23)12-8-11-16-14(2)21-19(20)15-9-6-7-10-17(15)24-16;1-2/h6-11H,4-5,12-13H2,1-3H3;1-2H/b11-8-;. The SMILES string of the molecule is C#C.CCCCN(C)C(=O)C/C=C\C1=C(C)N=C(Cl)c2ccccc2S1. The number of carbonyl (C=O) groups is 1. The summed E-state index contributed by atoms with van der Waals surface area (Å²) in [6, 6.07) is 7.96. The molecule has 0 spiro atoms. The third-order valence-electron chi connectivity index (χ3n) is 3.79. The van der Waals surface area contributed by atoms with Gasteiger partial charge in [0.1, 0.15) is 5.17 Å². The van der Waals surface area contributed by atoms with Crippen LogP contribution in [0.15, 0.2) is 56.9 Å². The average molecular weight is 389 g/mol. The number of carbonyl (C=O) groups excluding carboxylic acids is 1. The molecule has 3 nitrogen and oxygen atoms in total. The van der Waals surface area contributed by atoms with E-state index < -0.39 is 0 Å². The van der Waals surface area contributed by atoms with Crippen LogP contribution in [0.4, 0.5) is 0 Å². The van der Waals surface area contributed by atoms with Crippen LogP contribution in [-0.4, -0.2) is 29.6 Å². The Hall–Kier alpha value is -1.96. The van der Waals surface area contributed by atoms with Crippen molar-refractivity contribution in [2.75, 3.05) is 13.6 Å². The second-order valence-electron chi connectivity index (χ2n) is 5.73. The highest BCUT2D eigenvalue weighted by Crippen LogP contribution is 2.36. The van der Waals surface area contributed by atoms with Crippen LogP contribution in [-0.2, 0) is 4.79 Å². The molecule has 0 bridgehead atoms. The van der Waals surface area contributed by atoms with Crippen LogP contribution in [0.5, 0.6) is 0 Å². The normalized spacial score (nSPS) is 13.4. The number of nitrogens with zero attached hydrogens (tertiary/aromatic N) is 2. The topological polar surface area (TPSA) is 32.7 Å². The van der Waals surface area contributed by atoms with Crippen LogP contribution in [0, 0.1) is 12.8 Å². The minimum atomic E-state index is 0.138. The smallest absolute Gasteiger partial charge is 0.226 e.